The molecule has 2 amide bonds. The van der Waals surface area contributed by atoms with Crippen molar-refractivity contribution in [2.24, 2.45) is 9.98 Å². The lowest BCUT2D eigenvalue weighted by molar-refractivity contribution is 0.0611. The number of benzene rings is 1. The van der Waals surface area contributed by atoms with Crippen molar-refractivity contribution in [1.29, 1.82) is 0 Å². The van der Waals surface area contributed by atoms with Crippen molar-refractivity contribution in [1.82, 2.24) is 10.4 Å². The molecule has 1 heterocycles. The van der Waals surface area contributed by atoms with E-state index in [1.807, 2.05) is 0 Å². The van der Waals surface area contributed by atoms with Gasteiger partial charge in [-0.1, -0.05) is 18.2 Å². The SMILES string of the molecule is C=N/C(=N\C=C/C)NN1C(=O)c2ccccc2C1=O. The zero-order valence-corrected chi connectivity index (χ0v) is 10.3. The molecule has 0 radical (unpaired) electrons. The second kappa shape index (κ2) is 5.26. The lowest BCUT2D eigenvalue weighted by Crippen LogP contribution is -2.45. The molecule has 0 unspecified atom stereocenters. The van der Waals surface area contributed by atoms with E-state index in [0.717, 1.165) is 5.01 Å². The lowest BCUT2D eigenvalue weighted by Gasteiger charge is -2.14. The number of imide groups is 1. The Labute approximate surface area is 110 Å². The number of carbonyl (C=O) groups is 2. The van der Waals surface area contributed by atoms with Gasteiger partial charge in [-0.2, -0.15) is 5.01 Å². The van der Waals surface area contributed by atoms with Gasteiger partial charge in [0.25, 0.3) is 11.8 Å². The van der Waals surface area contributed by atoms with Crippen molar-refractivity contribution in [3.05, 3.63) is 47.7 Å². The van der Waals surface area contributed by atoms with E-state index in [1.54, 1.807) is 37.3 Å². The fourth-order valence-electron chi connectivity index (χ4n) is 1.64. The molecule has 1 aromatic carbocycles. The summed E-state index contributed by atoms with van der Waals surface area (Å²) in [6.45, 7) is 5.11. The highest BCUT2D eigenvalue weighted by Gasteiger charge is 2.36. The molecule has 0 spiro atoms. The molecule has 1 N–H and O–H groups in total. The number of guanidine groups is 1. The molecular formula is C13H12N4O2. The van der Waals surface area contributed by atoms with E-state index in [0.29, 0.717) is 11.1 Å². The molecule has 0 aromatic heterocycles. The highest BCUT2D eigenvalue weighted by atomic mass is 16.2. The Kier molecular flexibility index (Phi) is 3.51. The van der Waals surface area contributed by atoms with Crippen molar-refractivity contribution in [2.45, 2.75) is 6.92 Å². The number of aliphatic imine (C=N–C) groups is 2. The number of amides is 2. The molecule has 19 heavy (non-hydrogen) atoms. The fourth-order valence-corrected chi connectivity index (χ4v) is 1.64. The Bertz CT molecular complexity index is 569. The number of fused-ring (bicyclic) bond motifs is 1. The summed E-state index contributed by atoms with van der Waals surface area (Å²) in [6.07, 6.45) is 3.17. The number of rotatable bonds is 2. The number of carbonyl (C=O) groups excluding carboxylic acids is 2. The molecule has 6 heteroatoms. The average Bonchev–Trinajstić information content (AvgIpc) is 2.68. The van der Waals surface area contributed by atoms with Crippen LogP contribution in [0.5, 0.6) is 0 Å². The fraction of sp³-hybridized carbons (Fsp3) is 0.0769. The van der Waals surface area contributed by atoms with E-state index in [4.69, 9.17) is 0 Å². The van der Waals surface area contributed by atoms with E-state index >= 15 is 0 Å². The van der Waals surface area contributed by atoms with Gasteiger partial charge in [-0.15, -0.1) is 0 Å². The summed E-state index contributed by atoms with van der Waals surface area (Å²) in [5, 5.41) is 0.877. The molecule has 0 fully saturated rings. The molecule has 1 aliphatic rings. The summed E-state index contributed by atoms with van der Waals surface area (Å²) < 4.78 is 0. The van der Waals surface area contributed by atoms with Crippen LogP contribution in [0.4, 0.5) is 0 Å². The zero-order chi connectivity index (χ0) is 13.8. The Morgan fingerprint density at radius 1 is 1.26 bits per heavy atom. The quantitative estimate of drug-likeness (QED) is 0.493. The summed E-state index contributed by atoms with van der Waals surface area (Å²) in [7, 11) is 0. The summed E-state index contributed by atoms with van der Waals surface area (Å²) in [4.78, 5) is 31.6. The van der Waals surface area contributed by atoms with Gasteiger partial charge in [-0.25, -0.2) is 9.98 Å². The number of hydrogen-bond donors (Lipinski definition) is 1. The Morgan fingerprint density at radius 2 is 1.84 bits per heavy atom. The first-order chi connectivity index (χ1) is 9.19. The van der Waals surface area contributed by atoms with Crippen LogP contribution in [0.25, 0.3) is 0 Å². The smallest absolute Gasteiger partial charge is 0.267 e. The molecule has 6 nitrogen and oxygen atoms in total. The van der Waals surface area contributed by atoms with Crippen LogP contribution >= 0.6 is 0 Å². The number of allylic oxidation sites excluding steroid dienone is 1. The number of hydrogen-bond acceptors (Lipinski definition) is 3. The second-order valence-corrected chi connectivity index (χ2v) is 3.70. The normalized spacial score (nSPS) is 15.0. The first-order valence-corrected chi connectivity index (χ1v) is 5.59. The number of hydrazine groups is 1. The maximum Gasteiger partial charge on any atom is 0.280 e. The van der Waals surface area contributed by atoms with Gasteiger partial charge in [0.1, 0.15) is 0 Å². The van der Waals surface area contributed by atoms with Gasteiger partial charge in [0.05, 0.1) is 11.1 Å². The molecule has 1 aliphatic heterocycles. The Morgan fingerprint density at radius 3 is 2.32 bits per heavy atom. The van der Waals surface area contributed by atoms with Gasteiger partial charge in [0.2, 0.25) is 5.96 Å². The minimum Gasteiger partial charge on any atom is -0.267 e. The molecule has 0 bridgehead atoms. The predicted molar refractivity (Wildman–Crippen MR) is 71.9 cm³/mol. The third-order valence-electron chi connectivity index (χ3n) is 2.50. The van der Waals surface area contributed by atoms with Gasteiger partial charge < -0.3 is 0 Å². The van der Waals surface area contributed by atoms with Crippen molar-refractivity contribution in [2.75, 3.05) is 0 Å². The summed E-state index contributed by atoms with van der Waals surface area (Å²) in [5.74, 6) is -0.789. The molecule has 2 rings (SSSR count). The molecular weight excluding hydrogens is 244 g/mol. The van der Waals surface area contributed by atoms with Crippen LogP contribution < -0.4 is 5.43 Å². The van der Waals surface area contributed by atoms with Gasteiger partial charge in [-0.05, 0) is 25.8 Å². The van der Waals surface area contributed by atoms with Crippen LogP contribution in [0.1, 0.15) is 27.6 Å². The highest BCUT2D eigenvalue weighted by molar-refractivity contribution is 6.21. The molecule has 0 saturated heterocycles. The topological polar surface area (TPSA) is 74.1 Å². The molecule has 1 aromatic rings. The van der Waals surface area contributed by atoms with Gasteiger partial charge >= 0.3 is 0 Å². The van der Waals surface area contributed by atoms with Crippen LogP contribution in [0, 0.1) is 0 Å². The van der Waals surface area contributed by atoms with Crippen LogP contribution in [0.2, 0.25) is 0 Å². The molecule has 0 saturated carbocycles. The average molecular weight is 256 g/mol. The van der Waals surface area contributed by atoms with Gasteiger partial charge in [0.15, 0.2) is 0 Å². The van der Waals surface area contributed by atoms with Gasteiger partial charge in [0, 0.05) is 6.20 Å². The molecule has 0 atom stereocenters. The summed E-state index contributed by atoms with van der Waals surface area (Å²) in [5.41, 5.74) is 3.26. The van der Waals surface area contributed by atoms with Crippen molar-refractivity contribution in [3.8, 4) is 0 Å². The molecule has 96 valence electrons. The van der Waals surface area contributed by atoms with Crippen LogP contribution in [0.15, 0.2) is 46.5 Å². The molecule has 0 aliphatic carbocycles. The first kappa shape index (κ1) is 12.7. The van der Waals surface area contributed by atoms with Crippen molar-refractivity contribution < 1.29 is 9.59 Å². The minimum absolute atomic E-state index is 0.0765. The monoisotopic (exact) mass is 256 g/mol. The van der Waals surface area contributed by atoms with E-state index in [1.165, 1.54) is 6.20 Å². The van der Waals surface area contributed by atoms with Crippen molar-refractivity contribution in [3.63, 3.8) is 0 Å². The van der Waals surface area contributed by atoms with Gasteiger partial charge in [-0.3, -0.25) is 15.0 Å². The summed E-state index contributed by atoms with van der Waals surface area (Å²) in [6, 6.07) is 6.60. The zero-order valence-electron chi connectivity index (χ0n) is 10.3. The Balaban J connectivity index is 2.27. The number of nitrogens with zero attached hydrogens (tertiary/aromatic N) is 3. The second-order valence-electron chi connectivity index (χ2n) is 3.70. The number of nitrogens with one attached hydrogen (secondary N) is 1. The van der Waals surface area contributed by atoms with E-state index in [9.17, 15) is 9.59 Å². The van der Waals surface area contributed by atoms with E-state index < -0.39 is 11.8 Å². The third kappa shape index (κ3) is 2.28. The minimum atomic E-state index is -0.433. The maximum absolute atomic E-state index is 12.0. The third-order valence-corrected chi connectivity index (χ3v) is 2.50. The van der Waals surface area contributed by atoms with E-state index in [2.05, 4.69) is 22.1 Å². The van der Waals surface area contributed by atoms with Crippen LogP contribution in [-0.4, -0.2) is 29.5 Å². The van der Waals surface area contributed by atoms with E-state index in [-0.39, 0.29) is 5.96 Å². The lowest BCUT2D eigenvalue weighted by atomic mass is 10.1. The van der Waals surface area contributed by atoms with Crippen LogP contribution in [-0.2, 0) is 0 Å². The van der Waals surface area contributed by atoms with Crippen molar-refractivity contribution >= 4 is 24.5 Å². The largest absolute Gasteiger partial charge is 0.280 e. The maximum atomic E-state index is 12.0. The first-order valence-electron chi connectivity index (χ1n) is 5.59. The predicted octanol–water partition coefficient (Wildman–Crippen LogP) is 1.38. The standard InChI is InChI=1S/C13H12N4O2/c1-3-8-15-13(14-2)16-17-11(18)9-6-4-5-7-10(9)12(17)19/h3-8H,2H2,1H3,(H,15,16)/b8-3-. The van der Waals surface area contributed by atoms with Crippen LogP contribution in [0.3, 0.4) is 0 Å². The Hall–Kier alpha value is -2.76. The highest BCUT2D eigenvalue weighted by Crippen LogP contribution is 2.20. The summed E-state index contributed by atoms with van der Waals surface area (Å²) >= 11 is 0.